The molecule has 1 aliphatic carbocycles. The predicted molar refractivity (Wildman–Crippen MR) is 71.8 cm³/mol. The second-order valence-corrected chi connectivity index (χ2v) is 5.04. The molecular formula is C15H16N2O2. The molecular weight excluding hydrogens is 240 g/mol. The van der Waals surface area contributed by atoms with Gasteiger partial charge in [-0.15, -0.1) is 0 Å². The van der Waals surface area contributed by atoms with Crippen molar-refractivity contribution in [2.45, 2.75) is 25.7 Å². The van der Waals surface area contributed by atoms with Gasteiger partial charge in [-0.1, -0.05) is 35.5 Å². The van der Waals surface area contributed by atoms with Crippen LogP contribution in [0.4, 0.5) is 5.82 Å². The second kappa shape index (κ2) is 4.88. The number of hydrogen-bond acceptors (Lipinski definition) is 3. The topological polar surface area (TPSA) is 55.1 Å². The van der Waals surface area contributed by atoms with E-state index in [1.807, 2.05) is 30.3 Å². The minimum absolute atomic E-state index is 0.00185. The number of hydrogen-bond donors (Lipinski definition) is 1. The summed E-state index contributed by atoms with van der Waals surface area (Å²) in [6.07, 6.45) is 2.23. The highest BCUT2D eigenvalue weighted by atomic mass is 16.5. The lowest BCUT2D eigenvalue weighted by Gasteiger charge is -2.15. The molecule has 1 aromatic carbocycles. The van der Waals surface area contributed by atoms with Crippen molar-refractivity contribution in [2.24, 2.45) is 5.92 Å². The Bertz CT molecular complexity index is 573. The fourth-order valence-corrected chi connectivity index (χ4v) is 2.36. The summed E-state index contributed by atoms with van der Waals surface area (Å²) in [5.41, 5.74) is 1.07. The van der Waals surface area contributed by atoms with Crippen molar-refractivity contribution in [3.8, 4) is 0 Å². The summed E-state index contributed by atoms with van der Waals surface area (Å²) in [5.74, 6) is 1.55. The van der Waals surface area contributed by atoms with Crippen LogP contribution in [-0.2, 0) is 4.79 Å². The van der Waals surface area contributed by atoms with Gasteiger partial charge in [-0.05, 0) is 31.2 Å². The number of nitrogens with zero attached hydrogens (tertiary/aromatic N) is 1. The van der Waals surface area contributed by atoms with E-state index in [1.165, 1.54) is 0 Å². The van der Waals surface area contributed by atoms with Gasteiger partial charge in [0.1, 0.15) is 5.76 Å². The molecule has 2 aromatic rings. The third kappa shape index (κ3) is 2.67. The minimum Gasteiger partial charge on any atom is -0.360 e. The van der Waals surface area contributed by atoms with Crippen LogP contribution in [0.25, 0.3) is 0 Å². The van der Waals surface area contributed by atoms with Gasteiger partial charge in [0.05, 0.1) is 5.92 Å². The number of rotatable bonds is 4. The molecule has 0 aliphatic heterocycles. The van der Waals surface area contributed by atoms with Crippen molar-refractivity contribution in [1.29, 1.82) is 0 Å². The zero-order valence-corrected chi connectivity index (χ0v) is 10.8. The average Bonchev–Trinajstić information content (AvgIpc) is 3.14. The third-order valence-corrected chi connectivity index (χ3v) is 3.41. The molecule has 0 saturated heterocycles. The fourth-order valence-electron chi connectivity index (χ4n) is 2.36. The standard InChI is InChI=1S/C15H16N2O2/c1-10-9-13(17-19-10)16-15(18)14(12-7-8-12)11-5-3-2-4-6-11/h2-6,9,12,14H,7-8H2,1H3,(H,16,17,18). The molecule has 1 unspecified atom stereocenters. The zero-order valence-electron chi connectivity index (χ0n) is 10.8. The lowest BCUT2D eigenvalue weighted by atomic mass is 9.93. The molecule has 3 rings (SSSR count). The first-order valence-corrected chi connectivity index (χ1v) is 6.53. The summed E-state index contributed by atoms with van der Waals surface area (Å²) in [6.45, 7) is 1.80. The summed E-state index contributed by atoms with van der Waals surface area (Å²) >= 11 is 0. The van der Waals surface area contributed by atoms with E-state index in [9.17, 15) is 4.79 Å². The molecule has 1 fully saturated rings. The minimum atomic E-state index is -0.0850. The van der Waals surface area contributed by atoms with Gasteiger partial charge in [-0.3, -0.25) is 4.79 Å². The summed E-state index contributed by atoms with van der Waals surface area (Å²) in [7, 11) is 0. The maximum Gasteiger partial charge on any atom is 0.233 e. The number of benzene rings is 1. The zero-order chi connectivity index (χ0) is 13.2. The molecule has 1 N–H and O–H groups in total. The molecule has 4 nitrogen and oxygen atoms in total. The summed E-state index contributed by atoms with van der Waals surface area (Å²) in [5, 5.41) is 6.64. The first-order valence-electron chi connectivity index (χ1n) is 6.53. The molecule has 0 radical (unpaired) electrons. The smallest absolute Gasteiger partial charge is 0.233 e. The Morgan fingerprint density at radius 2 is 2.11 bits per heavy atom. The molecule has 98 valence electrons. The number of anilines is 1. The van der Waals surface area contributed by atoms with E-state index in [-0.39, 0.29) is 11.8 Å². The van der Waals surface area contributed by atoms with Crippen molar-refractivity contribution >= 4 is 11.7 Å². The summed E-state index contributed by atoms with van der Waals surface area (Å²) < 4.78 is 4.96. The van der Waals surface area contributed by atoms with E-state index < -0.39 is 0 Å². The van der Waals surface area contributed by atoms with Crippen LogP contribution >= 0.6 is 0 Å². The number of carbonyl (C=O) groups is 1. The first kappa shape index (κ1) is 12.0. The predicted octanol–water partition coefficient (Wildman–Crippen LogP) is 3.12. The van der Waals surface area contributed by atoms with Crippen LogP contribution in [0.5, 0.6) is 0 Å². The quantitative estimate of drug-likeness (QED) is 0.914. The lowest BCUT2D eigenvalue weighted by molar-refractivity contribution is -0.118. The molecule has 19 heavy (non-hydrogen) atoms. The maximum absolute atomic E-state index is 12.4. The van der Waals surface area contributed by atoms with Crippen LogP contribution in [0.15, 0.2) is 40.9 Å². The summed E-state index contributed by atoms with van der Waals surface area (Å²) in [6, 6.07) is 11.7. The lowest BCUT2D eigenvalue weighted by Crippen LogP contribution is -2.22. The first-order chi connectivity index (χ1) is 9.24. The SMILES string of the molecule is Cc1cc(NC(=O)C(c2ccccc2)C2CC2)no1. The Hall–Kier alpha value is -2.10. The van der Waals surface area contributed by atoms with E-state index in [0.29, 0.717) is 17.5 Å². The van der Waals surface area contributed by atoms with E-state index >= 15 is 0 Å². The van der Waals surface area contributed by atoms with Crippen LogP contribution in [0.2, 0.25) is 0 Å². The van der Waals surface area contributed by atoms with Gasteiger partial charge in [0, 0.05) is 6.07 Å². The van der Waals surface area contributed by atoms with Gasteiger partial charge >= 0.3 is 0 Å². The Morgan fingerprint density at radius 1 is 1.37 bits per heavy atom. The van der Waals surface area contributed by atoms with E-state index in [2.05, 4.69) is 10.5 Å². The van der Waals surface area contributed by atoms with E-state index in [4.69, 9.17) is 4.52 Å². The fraction of sp³-hybridized carbons (Fsp3) is 0.333. The molecule has 0 bridgehead atoms. The molecule has 0 spiro atoms. The van der Waals surface area contributed by atoms with Crippen LogP contribution < -0.4 is 5.32 Å². The molecule has 1 saturated carbocycles. The molecule has 1 aliphatic rings. The Kier molecular flexibility index (Phi) is 3.07. The van der Waals surface area contributed by atoms with Crippen molar-refractivity contribution in [1.82, 2.24) is 5.16 Å². The number of aromatic nitrogens is 1. The highest BCUT2D eigenvalue weighted by Crippen LogP contribution is 2.43. The number of nitrogens with one attached hydrogen (secondary N) is 1. The van der Waals surface area contributed by atoms with E-state index in [1.54, 1.807) is 13.0 Å². The third-order valence-electron chi connectivity index (χ3n) is 3.41. The Morgan fingerprint density at radius 3 is 2.68 bits per heavy atom. The monoisotopic (exact) mass is 256 g/mol. The number of amides is 1. The molecule has 1 atom stereocenters. The van der Waals surface area contributed by atoms with E-state index in [0.717, 1.165) is 18.4 Å². The van der Waals surface area contributed by atoms with Crippen LogP contribution in [0.3, 0.4) is 0 Å². The van der Waals surface area contributed by atoms with Crippen LogP contribution in [-0.4, -0.2) is 11.1 Å². The van der Waals surface area contributed by atoms with Gasteiger partial charge in [-0.2, -0.15) is 0 Å². The molecule has 1 heterocycles. The number of aryl methyl sites for hydroxylation is 1. The van der Waals surface area contributed by atoms with Crippen molar-refractivity contribution in [3.63, 3.8) is 0 Å². The van der Waals surface area contributed by atoms with Crippen LogP contribution in [0, 0.1) is 12.8 Å². The maximum atomic E-state index is 12.4. The van der Waals surface area contributed by atoms with Crippen molar-refractivity contribution < 1.29 is 9.32 Å². The van der Waals surface area contributed by atoms with Crippen molar-refractivity contribution in [2.75, 3.05) is 5.32 Å². The summed E-state index contributed by atoms with van der Waals surface area (Å²) in [4.78, 5) is 12.4. The van der Waals surface area contributed by atoms with Gasteiger partial charge < -0.3 is 9.84 Å². The van der Waals surface area contributed by atoms with Gasteiger partial charge in [-0.25, -0.2) is 0 Å². The normalized spacial score (nSPS) is 16.1. The number of carbonyl (C=O) groups excluding carboxylic acids is 1. The highest BCUT2D eigenvalue weighted by molar-refractivity contribution is 5.95. The average molecular weight is 256 g/mol. The highest BCUT2D eigenvalue weighted by Gasteiger charge is 2.37. The molecule has 1 aromatic heterocycles. The van der Waals surface area contributed by atoms with Gasteiger partial charge in [0.25, 0.3) is 0 Å². The Balaban J connectivity index is 1.79. The van der Waals surface area contributed by atoms with Gasteiger partial charge in [0.2, 0.25) is 5.91 Å². The second-order valence-electron chi connectivity index (χ2n) is 5.04. The molecule has 1 amide bonds. The van der Waals surface area contributed by atoms with Crippen molar-refractivity contribution in [3.05, 3.63) is 47.7 Å². The Labute approximate surface area is 111 Å². The van der Waals surface area contributed by atoms with Gasteiger partial charge in [0.15, 0.2) is 5.82 Å². The molecule has 4 heteroatoms. The van der Waals surface area contributed by atoms with Crippen LogP contribution in [0.1, 0.15) is 30.1 Å². The largest absolute Gasteiger partial charge is 0.360 e.